The van der Waals surface area contributed by atoms with E-state index in [1.807, 2.05) is 0 Å². The van der Waals surface area contributed by atoms with Gasteiger partial charge in [0.15, 0.2) is 0 Å². The molecule has 0 amide bonds. The first-order valence-corrected chi connectivity index (χ1v) is 6.38. The molecule has 24 heavy (non-hydrogen) atoms. The van der Waals surface area contributed by atoms with Crippen LogP contribution in [-0.2, 0) is 5.60 Å². The molecule has 1 N–H and O–H groups in total. The molecule has 1 heterocycles. The minimum atomic E-state index is -5.96. The molecular weight excluding hydrogens is 340 g/mol. The lowest BCUT2D eigenvalue weighted by molar-refractivity contribution is -0.376. The van der Waals surface area contributed by atoms with Crippen molar-refractivity contribution in [2.24, 2.45) is 0 Å². The summed E-state index contributed by atoms with van der Waals surface area (Å²) in [5, 5.41) is 9.26. The fourth-order valence-electron chi connectivity index (χ4n) is 2.00. The van der Waals surface area contributed by atoms with E-state index in [9.17, 15) is 36.2 Å². The predicted molar refractivity (Wildman–Crippen MR) is 71.1 cm³/mol. The molecule has 0 saturated heterocycles. The number of alkyl halides is 6. The summed E-state index contributed by atoms with van der Waals surface area (Å²) in [6, 6.07) is 7.14. The number of benzene rings is 1. The molecule has 9 heteroatoms. The molecule has 0 aliphatic heterocycles. The predicted octanol–water partition coefficient (Wildman–Crippen LogP) is 3.87. The Morgan fingerprint density at radius 3 is 1.79 bits per heavy atom. The number of aldehydes is 1. The third-order valence-electron chi connectivity index (χ3n) is 3.34. The SMILES string of the molecule is O=Cc1ccc(-c2ccc(C(O)(C(F)(F)F)C(F)(F)F)cn2)cc1. The van der Waals surface area contributed by atoms with Gasteiger partial charge in [-0.05, 0) is 6.07 Å². The summed E-state index contributed by atoms with van der Waals surface area (Å²) in [4.78, 5) is 14.1. The third-order valence-corrected chi connectivity index (χ3v) is 3.34. The van der Waals surface area contributed by atoms with E-state index in [1.165, 1.54) is 24.3 Å². The number of carbonyl (C=O) groups is 1. The number of hydrogen-bond donors (Lipinski definition) is 1. The summed E-state index contributed by atoms with van der Waals surface area (Å²) in [5.74, 6) is 0. The highest BCUT2D eigenvalue weighted by Crippen LogP contribution is 2.49. The number of aromatic nitrogens is 1. The third kappa shape index (κ3) is 2.99. The van der Waals surface area contributed by atoms with Gasteiger partial charge in [-0.1, -0.05) is 30.3 Å². The molecule has 1 aromatic heterocycles. The van der Waals surface area contributed by atoms with Gasteiger partial charge in [0.05, 0.1) is 5.69 Å². The first-order chi connectivity index (χ1) is 11.0. The Kier molecular flexibility index (Phi) is 4.40. The molecule has 0 radical (unpaired) electrons. The molecule has 0 spiro atoms. The number of aliphatic hydroxyl groups is 1. The second-order valence-electron chi connectivity index (χ2n) is 4.88. The summed E-state index contributed by atoms with van der Waals surface area (Å²) in [7, 11) is 0. The number of pyridine rings is 1. The quantitative estimate of drug-likeness (QED) is 0.676. The van der Waals surface area contributed by atoms with Gasteiger partial charge in [0.25, 0.3) is 5.60 Å². The summed E-state index contributed by atoms with van der Waals surface area (Å²) < 4.78 is 76.6. The maximum Gasteiger partial charge on any atom is 0.430 e. The topological polar surface area (TPSA) is 50.2 Å². The van der Waals surface area contributed by atoms with Gasteiger partial charge in [0.2, 0.25) is 0 Å². The van der Waals surface area contributed by atoms with Crippen molar-refractivity contribution < 1.29 is 36.2 Å². The van der Waals surface area contributed by atoms with E-state index in [0.717, 1.165) is 6.07 Å². The van der Waals surface area contributed by atoms with Gasteiger partial charge in [-0.15, -0.1) is 0 Å². The van der Waals surface area contributed by atoms with Crippen LogP contribution < -0.4 is 0 Å². The minimum Gasteiger partial charge on any atom is -0.369 e. The smallest absolute Gasteiger partial charge is 0.369 e. The van der Waals surface area contributed by atoms with Crippen molar-refractivity contribution in [3.05, 3.63) is 53.7 Å². The molecule has 0 aliphatic rings. The maximum absolute atomic E-state index is 12.8. The molecular formula is C15H9F6NO2. The van der Waals surface area contributed by atoms with Crippen molar-refractivity contribution in [1.82, 2.24) is 4.98 Å². The van der Waals surface area contributed by atoms with Crippen LogP contribution in [-0.4, -0.2) is 28.7 Å². The van der Waals surface area contributed by atoms with Crippen molar-refractivity contribution in [1.29, 1.82) is 0 Å². The summed E-state index contributed by atoms with van der Waals surface area (Å²) >= 11 is 0. The number of halogens is 6. The Hall–Kier alpha value is -2.42. The van der Waals surface area contributed by atoms with Crippen molar-refractivity contribution in [3.8, 4) is 11.3 Å². The largest absolute Gasteiger partial charge is 0.430 e. The van der Waals surface area contributed by atoms with E-state index in [4.69, 9.17) is 0 Å². The van der Waals surface area contributed by atoms with Crippen LogP contribution in [0, 0.1) is 0 Å². The van der Waals surface area contributed by atoms with Crippen LogP contribution in [0.3, 0.4) is 0 Å². The van der Waals surface area contributed by atoms with E-state index in [0.29, 0.717) is 29.7 Å². The first kappa shape index (κ1) is 17.9. The number of carbonyl (C=O) groups excluding carboxylic acids is 1. The fraction of sp³-hybridized carbons (Fsp3) is 0.200. The molecule has 2 aromatic rings. The second-order valence-corrected chi connectivity index (χ2v) is 4.88. The first-order valence-electron chi connectivity index (χ1n) is 6.38. The van der Waals surface area contributed by atoms with Crippen LogP contribution in [0.2, 0.25) is 0 Å². The Morgan fingerprint density at radius 1 is 0.875 bits per heavy atom. The van der Waals surface area contributed by atoms with E-state index in [2.05, 4.69) is 4.98 Å². The maximum atomic E-state index is 12.8. The van der Waals surface area contributed by atoms with E-state index < -0.39 is 23.5 Å². The molecule has 0 aliphatic carbocycles. The van der Waals surface area contributed by atoms with Crippen molar-refractivity contribution in [2.75, 3.05) is 0 Å². The van der Waals surface area contributed by atoms with Crippen LogP contribution in [0.15, 0.2) is 42.6 Å². The van der Waals surface area contributed by atoms with Crippen molar-refractivity contribution >= 4 is 6.29 Å². The zero-order valence-corrected chi connectivity index (χ0v) is 11.7. The molecule has 0 fully saturated rings. The lowest BCUT2D eigenvalue weighted by atomic mass is 9.93. The summed E-state index contributed by atoms with van der Waals surface area (Å²) in [5.41, 5.74) is -5.63. The number of rotatable bonds is 3. The van der Waals surface area contributed by atoms with Crippen LogP contribution in [0.4, 0.5) is 26.3 Å². The Bertz CT molecular complexity index is 706. The van der Waals surface area contributed by atoms with Gasteiger partial charge in [-0.2, -0.15) is 26.3 Å². The molecule has 0 unspecified atom stereocenters. The highest BCUT2D eigenvalue weighted by atomic mass is 19.4. The van der Waals surface area contributed by atoms with Crippen LogP contribution in [0.1, 0.15) is 15.9 Å². The lowest BCUT2D eigenvalue weighted by Gasteiger charge is -2.32. The fourth-order valence-corrected chi connectivity index (χ4v) is 2.00. The Labute approximate surface area is 131 Å². The highest BCUT2D eigenvalue weighted by Gasteiger charge is 2.71. The van der Waals surface area contributed by atoms with Gasteiger partial charge < -0.3 is 5.11 Å². The lowest BCUT2D eigenvalue weighted by Crippen LogP contribution is -2.53. The zero-order chi connectivity index (χ0) is 18.2. The van der Waals surface area contributed by atoms with Crippen LogP contribution in [0.25, 0.3) is 11.3 Å². The molecule has 2 rings (SSSR count). The average Bonchev–Trinajstić information content (AvgIpc) is 2.52. The van der Waals surface area contributed by atoms with E-state index in [-0.39, 0.29) is 5.69 Å². The normalized spacial score (nSPS) is 13.0. The minimum absolute atomic E-state index is 0.0860. The standard InChI is InChI=1S/C15H9F6NO2/c16-14(17,18)13(24,15(19,20)21)11-5-6-12(22-7-11)10-3-1-9(8-23)2-4-10/h1-8,24H. The summed E-state index contributed by atoms with van der Waals surface area (Å²) in [6.07, 6.45) is -11.0. The van der Waals surface area contributed by atoms with Crippen LogP contribution in [0.5, 0.6) is 0 Å². The van der Waals surface area contributed by atoms with Crippen molar-refractivity contribution in [3.63, 3.8) is 0 Å². The zero-order valence-electron chi connectivity index (χ0n) is 11.7. The Balaban J connectivity index is 2.45. The average molecular weight is 349 g/mol. The Morgan fingerprint density at radius 2 is 1.42 bits per heavy atom. The van der Waals surface area contributed by atoms with E-state index >= 15 is 0 Å². The second kappa shape index (κ2) is 5.90. The van der Waals surface area contributed by atoms with Crippen LogP contribution >= 0.6 is 0 Å². The van der Waals surface area contributed by atoms with Gasteiger partial charge in [-0.3, -0.25) is 9.78 Å². The molecule has 0 bridgehead atoms. The van der Waals surface area contributed by atoms with Gasteiger partial charge in [-0.25, -0.2) is 0 Å². The molecule has 0 saturated carbocycles. The summed E-state index contributed by atoms with van der Waals surface area (Å²) in [6.45, 7) is 0. The number of nitrogens with zero attached hydrogens (tertiary/aromatic N) is 1. The van der Waals surface area contributed by atoms with Gasteiger partial charge in [0.1, 0.15) is 6.29 Å². The van der Waals surface area contributed by atoms with Gasteiger partial charge >= 0.3 is 12.4 Å². The van der Waals surface area contributed by atoms with Crippen molar-refractivity contribution in [2.45, 2.75) is 18.0 Å². The molecule has 0 atom stereocenters. The molecule has 128 valence electrons. The van der Waals surface area contributed by atoms with E-state index in [1.54, 1.807) is 0 Å². The monoisotopic (exact) mass is 349 g/mol. The molecule has 1 aromatic carbocycles. The molecule has 3 nitrogen and oxygen atoms in total. The van der Waals surface area contributed by atoms with Gasteiger partial charge in [0, 0.05) is 22.9 Å². The number of hydrogen-bond acceptors (Lipinski definition) is 3. The highest BCUT2D eigenvalue weighted by molar-refractivity contribution is 5.76.